The van der Waals surface area contributed by atoms with Crippen LogP contribution in [-0.4, -0.2) is 45.7 Å². The molecule has 0 bridgehead atoms. The molecule has 1 aliphatic heterocycles. The van der Waals surface area contributed by atoms with Gasteiger partial charge >= 0.3 is 0 Å². The number of amides is 1. The minimum atomic E-state index is -0.102. The van der Waals surface area contributed by atoms with E-state index in [0.717, 1.165) is 41.9 Å². The van der Waals surface area contributed by atoms with E-state index in [0.29, 0.717) is 18.0 Å². The van der Waals surface area contributed by atoms with Gasteiger partial charge in [0.15, 0.2) is 0 Å². The van der Waals surface area contributed by atoms with Crippen molar-refractivity contribution < 1.29 is 14.4 Å². The molecule has 3 N–H and O–H groups in total. The first-order valence-corrected chi connectivity index (χ1v) is 8.57. The molecule has 1 atom stereocenters. The number of aryl methyl sites for hydroxylation is 2. The molecule has 2 aromatic rings. The van der Waals surface area contributed by atoms with E-state index >= 15 is 0 Å². The first-order valence-electron chi connectivity index (χ1n) is 8.57. The SMILES string of the molecule is Cc1noc(C)c1-c1nc([C@@H]2CCCN(C(=O)CN)C2)ccc1CO. The molecule has 3 heterocycles. The van der Waals surface area contributed by atoms with Crippen molar-refractivity contribution in [1.29, 1.82) is 0 Å². The Bertz CT molecular complexity index is 752. The summed E-state index contributed by atoms with van der Waals surface area (Å²) in [6.07, 6.45) is 1.90. The number of pyridine rings is 1. The van der Waals surface area contributed by atoms with Gasteiger partial charge in [-0.25, -0.2) is 0 Å². The van der Waals surface area contributed by atoms with Crippen LogP contribution in [0.25, 0.3) is 11.3 Å². The number of nitrogens with two attached hydrogens (primary N) is 1. The number of aromatic nitrogens is 2. The minimum Gasteiger partial charge on any atom is -0.392 e. The van der Waals surface area contributed by atoms with Gasteiger partial charge in [0.2, 0.25) is 5.91 Å². The normalized spacial score (nSPS) is 17.8. The standard InChI is InChI=1S/C18H24N4O3/c1-11-17(12(2)25-21-11)18-14(10-23)5-6-15(20-18)13-4-3-7-22(9-13)16(24)8-19/h5-6,13,23H,3-4,7-10,19H2,1-2H3/t13-/m1/s1. The van der Waals surface area contributed by atoms with Gasteiger partial charge in [-0.05, 0) is 32.8 Å². The van der Waals surface area contributed by atoms with Crippen molar-refractivity contribution in [2.75, 3.05) is 19.6 Å². The number of hydrogen-bond donors (Lipinski definition) is 2. The topological polar surface area (TPSA) is 105 Å². The molecule has 25 heavy (non-hydrogen) atoms. The van der Waals surface area contributed by atoms with Gasteiger partial charge in [0.05, 0.1) is 30.1 Å². The van der Waals surface area contributed by atoms with Crippen LogP contribution in [0.2, 0.25) is 0 Å². The highest BCUT2D eigenvalue weighted by Gasteiger charge is 2.26. The van der Waals surface area contributed by atoms with E-state index in [4.69, 9.17) is 15.2 Å². The molecule has 0 aromatic carbocycles. The molecule has 0 aliphatic carbocycles. The summed E-state index contributed by atoms with van der Waals surface area (Å²) in [7, 11) is 0. The number of hydrogen-bond acceptors (Lipinski definition) is 6. The summed E-state index contributed by atoms with van der Waals surface area (Å²) in [6.45, 7) is 5.01. The second-order valence-corrected chi connectivity index (χ2v) is 6.48. The average Bonchev–Trinajstić information content (AvgIpc) is 2.98. The van der Waals surface area contributed by atoms with E-state index in [-0.39, 0.29) is 25.0 Å². The fourth-order valence-corrected chi connectivity index (χ4v) is 3.47. The lowest BCUT2D eigenvalue weighted by atomic mass is 9.93. The van der Waals surface area contributed by atoms with Crippen molar-refractivity contribution >= 4 is 5.91 Å². The first kappa shape index (κ1) is 17.6. The van der Waals surface area contributed by atoms with Crippen LogP contribution >= 0.6 is 0 Å². The molecular weight excluding hydrogens is 320 g/mol. The van der Waals surface area contributed by atoms with Gasteiger partial charge in [-0.15, -0.1) is 0 Å². The van der Waals surface area contributed by atoms with E-state index in [2.05, 4.69) is 5.16 Å². The van der Waals surface area contributed by atoms with E-state index in [1.54, 1.807) is 0 Å². The largest absolute Gasteiger partial charge is 0.392 e. The number of piperidine rings is 1. The summed E-state index contributed by atoms with van der Waals surface area (Å²) in [6, 6.07) is 3.83. The Morgan fingerprint density at radius 3 is 2.88 bits per heavy atom. The van der Waals surface area contributed by atoms with Crippen LogP contribution in [0.5, 0.6) is 0 Å². The number of nitrogens with zero attached hydrogens (tertiary/aromatic N) is 3. The van der Waals surface area contributed by atoms with Crippen LogP contribution in [0.15, 0.2) is 16.7 Å². The molecule has 3 rings (SSSR count). The van der Waals surface area contributed by atoms with Crippen LogP contribution in [-0.2, 0) is 11.4 Å². The molecule has 1 amide bonds. The van der Waals surface area contributed by atoms with Gasteiger partial charge < -0.3 is 20.3 Å². The van der Waals surface area contributed by atoms with Crippen molar-refractivity contribution in [2.45, 2.75) is 39.2 Å². The van der Waals surface area contributed by atoms with Crippen molar-refractivity contribution in [1.82, 2.24) is 15.0 Å². The molecule has 0 unspecified atom stereocenters. The van der Waals surface area contributed by atoms with Crippen LogP contribution in [0.3, 0.4) is 0 Å². The number of carbonyl (C=O) groups excluding carboxylic acids is 1. The molecule has 1 fully saturated rings. The number of aliphatic hydroxyl groups is 1. The Labute approximate surface area is 146 Å². The van der Waals surface area contributed by atoms with E-state index in [1.807, 2.05) is 30.9 Å². The zero-order valence-electron chi connectivity index (χ0n) is 14.7. The summed E-state index contributed by atoms with van der Waals surface area (Å²) in [4.78, 5) is 18.5. The highest BCUT2D eigenvalue weighted by Crippen LogP contribution is 2.32. The zero-order chi connectivity index (χ0) is 18.0. The second-order valence-electron chi connectivity index (χ2n) is 6.48. The quantitative estimate of drug-likeness (QED) is 0.871. The van der Waals surface area contributed by atoms with E-state index < -0.39 is 0 Å². The maximum atomic E-state index is 11.9. The highest BCUT2D eigenvalue weighted by atomic mass is 16.5. The Morgan fingerprint density at radius 1 is 1.44 bits per heavy atom. The summed E-state index contributed by atoms with van der Waals surface area (Å²) < 4.78 is 5.26. The third-order valence-corrected chi connectivity index (χ3v) is 4.81. The molecule has 0 spiro atoms. The fraction of sp³-hybridized carbons (Fsp3) is 0.500. The third kappa shape index (κ3) is 3.43. The molecule has 0 radical (unpaired) electrons. The zero-order valence-corrected chi connectivity index (χ0v) is 14.7. The lowest BCUT2D eigenvalue weighted by molar-refractivity contribution is -0.130. The van der Waals surface area contributed by atoms with Crippen LogP contribution in [0.1, 0.15) is 41.5 Å². The van der Waals surface area contributed by atoms with Crippen molar-refractivity contribution in [2.24, 2.45) is 5.73 Å². The van der Waals surface area contributed by atoms with Gasteiger partial charge in [0.25, 0.3) is 0 Å². The molecule has 7 nitrogen and oxygen atoms in total. The lowest BCUT2D eigenvalue weighted by Crippen LogP contribution is -2.42. The Balaban J connectivity index is 1.96. The predicted octanol–water partition coefficient (Wildman–Crippen LogP) is 1.51. The molecule has 1 aliphatic rings. The molecule has 1 saturated heterocycles. The second kappa shape index (κ2) is 7.33. The van der Waals surface area contributed by atoms with Crippen LogP contribution < -0.4 is 5.73 Å². The molecular formula is C18H24N4O3. The smallest absolute Gasteiger partial charge is 0.236 e. The summed E-state index contributed by atoms with van der Waals surface area (Å²) in [5, 5.41) is 13.7. The summed E-state index contributed by atoms with van der Waals surface area (Å²) in [5.41, 5.74) is 9.44. The molecule has 0 saturated carbocycles. The summed E-state index contributed by atoms with van der Waals surface area (Å²) >= 11 is 0. The average molecular weight is 344 g/mol. The molecule has 2 aromatic heterocycles. The fourth-order valence-electron chi connectivity index (χ4n) is 3.47. The van der Waals surface area contributed by atoms with E-state index in [9.17, 15) is 9.90 Å². The maximum Gasteiger partial charge on any atom is 0.236 e. The Hall–Kier alpha value is -2.25. The number of carbonyl (C=O) groups is 1. The number of rotatable bonds is 4. The summed E-state index contributed by atoms with van der Waals surface area (Å²) in [5.74, 6) is 0.819. The monoisotopic (exact) mass is 344 g/mol. The molecule has 7 heteroatoms. The highest BCUT2D eigenvalue weighted by molar-refractivity contribution is 5.78. The van der Waals surface area contributed by atoms with Gasteiger partial charge in [-0.2, -0.15) is 0 Å². The van der Waals surface area contributed by atoms with Crippen molar-refractivity contribution in [3.05, 3.63) is 34.8 Å². The number of aliphatic hydroxyl groups excluding tert-OH is 1. The van der Waals surface area contributed by atoms with Crippen molar-refractivity contribution in [3.8, 4) is 11.3 Å². The van der Waals surface area contributed by atoms with E-state index in [1.165, 1.54) is 0 Å². The van der Waals surface area contributed by atoms with Gasteiger partial charge in [-0.3, -0.25) is 9.78 Å². The van der Waals surface area contributed by atoms with Gasteiger partial charge in [0.1, 0.15) is 5.76 Å². The first-order chi connectivity index (χ1) is 12.0. The van der Waals surface area contributed by atoms with Gasteiger partial charge in [-0.1, -0.05) is 11.2 Å². The van der Waals surface area contributed by atoms with Gasteiger partial charge in [0, 0.05) is 30.3 Å². The minimum absolute atomic E-state index is 0.0253. The predicted molar refractivity (Wildman–Crippen MR) is 92.7 cm³/mol. The Kier molecular flexibility index (Phi) is 5.15. The number of likely N-dealkylation sites (tertiary alicyclic amines) is 1. The van der Waals surface area contributed by atoms with Crippen LogP contribution in [0, 0.1) is 13.8 Å². The maximum absolute atomic E-state index is 11.9. The van der Waals surface area contributed by atoms with Crippen molar-refractivity contribution in [3.63, 3.8) is 0 Å². The Morgan fingerprint density at radius 2 is 2.24 bits per heavy atom. The third-order valence-electron chi connectivity index (χ3n) is 4.81. The lowest BCUT2D eigenvalue weighted by Gasteiger charge is -2.32. The molecule has 134 valence electrons. The van der Waals surface area contributed by atoms with Crippen LogP contribution in [0.4, 0.5) is 0 Å².